The summed E-state index contributed by atoms with van der Waals surface area (Å²) < 4.78 is 4.58. The number of pyridine rings is 1. The van der Waals surface area contributed by atoms with E-state index in [2.05, 4.69) is 35.4 Å². The lowest BCUT2D eigenvalue weighted by Crippen LogP contribution is -2.34. The van der Waals surface area contributed by atoms with Crippen LogP contribution in [0.2, 0.25) is 0 Å². The molecular formula is C15H14BrN5O. The summed E-state index contributed by atoms with van der Waals surface area (Å²) in [6, 6.07) is 5.35. The number of hydrogen-bond donors (Lipinski definition) is 0. The molecule has 0 bridgehead atoms. The van der Waals surface area contributed by atoms with E-state index in [-0.39, 0.29) is 5.56 Å². The van der Waals surface area contributed by atoms with E-state index in [1.165, 1.54) is 0 Å². The molecule has 112 valence electrons. The Bertz CT molecular complexity index is 900. The standard InChI is InChI=1S/C15H14BrN5O/c16-11-1-2-13-18-12(7-15(22)21(13)8-11)9-19-5-6-20-4-3-17-14(20)10-19/h1-4,7-8H,5-6,9-10H2. The van der Waals surface area contributed by atoms with Crippen molar-refractivity contribution in [2.75, 3.05) is 6.54 Å². The van der Waals surface area contributed by atoms with Gasteiger partial charge in [0, 0.05) is 48.8 Å². The Labute approximate surface area is 135 Å². The first-order valence-electron chi connectivity index (χ1n) is 7.09. The molecule has 0 spiro atoms. The van der Waals surface area contributed by atoms with E-state index in [4.69, 9.17) is 0 Å². The Balaban J connectivity index is 1.63. The second-order valence-electron chi connectivity index (χ2n) is 5.41. The summed E-state index contributed by atoms with van der Waals surface area (Å²) in [4.78, 5) is 23.4. The molecule has 0 saturated heterocycles. The van der Waals surface area contributed by atoms with Gasteiger partial charge >= 0.3 is 0 Å². The van der Waals surface area contributed by atoms with Crippen LogP contribution in [0.4, 0.5) is 0 Å². The maximum absolute atomic E-state index is 12.2. The van der Waals surface area contributed by atoms with Gasteiger partial charge in [-0.2, -0.15) is 0 Å². The van der Waals surface area contributed by atoms with Crippen LogP contribution in [-0.4, -0.2) is 30.4 Å². The molecule has 7 heteroatoms. The molecule has 3 aromatic rings. The summed E-state index contributed by atoms with van der Waals surface area (Å²) in [5.74, 6) is 1.06. The van der Waals surface area contributed by atoms with Crippen LogP contribution in [0.25, 0.3) is 5.65 Å². The van der Waals surface area contributed by atoms with Crippen LogP contribution >= 0.6 is 15.9 Å². The monoisotopic (exact) mass is 359 g/mol. The van der Waals surface area contributed by atoms with Crippen molar-refractivity contribution in [2.45, 2.75) is 19.6 Å². The molecule has 0 saturated carbocycles. The Morgan fingerprint density at radius 3 is 3.09 bits per heavy atom. The lowest BCUT2D eigenvalue weighted by atomic mass is 10.3. The third-order valence-corrected chi connectivity index (χ3v) is 4.36. The number of halogens is 1. The van der Waals surface area contributed by atoms with Crippen molar-refractivity contribution >= 4 is 21.6 Å². The van der Waals surface area contributed by atoms with Crippen LogP contribution < -0.4 is 5.56 Å². The van der Waals surface area contributed by atoms with E-state index in [1.54, 1.807) is 16.7 Å². The molecule has 0 fully saturated rings. The second-order valence-corrected chi connectivity index (χ2v) is 6.32. The average molecular weight is 360 g/mol. The van der Waals surface area contributed by atoms with Crippen LogP contribution in [0.5, 0.6) is 0 Å². The number of imidazole rings is 1. The van der Waals surface area contributed by atoms with Gasteiger partial charge in [-0.25, -0.2) is 9.97 Å². The predicted molar refractivity (Wildman–Crippen MR) is 85.5 cm³/mol. The van der Waals surface area contributed by atoms with Gasteiger partial charge in [0.15, 0.2) is 0 Å². The second kappa shape index (κ2) is 5.33. The minimum atomic E-state index is -0.0557. The van der Waals surface area contributed by atoms with Gasteiger partial charge in [-0.05, 0) is 28.1 Å². The highest BCUT2D eigenvalue weighted by Crippen LogP contribution is 2.14. The summed E-state index contributed by atoms with van der Waals surface area (Å²) >= 11 is 3.37. The third-order valence-electron chi connectivity index (χ3n) is 3.89. The first kappa shape index (κ1) is 13.7. The van der Waals surface area contributed by atoms with Crippen LogP contribution in [0.3, 0.4) is 0 Å². The Kier molecular flexibility index (Phi) is 3.31. The highest BCUT2D eigenvalue weighted by molar-refractivity contribution is 9.10. The molecular weight excluding hydrogens is 346 g/mol. The molecule has 0 radical (unpaired) electrons. The van der Waals surface area contributed by atoms with Crippen molar-refractivity contribution < 1.29 is 0 Å². The fourth-order valence-electron chi connectivity index (χ4n) is 2.79. The maximum Gasteiger partial charge on any atom is 0.258 e. The van der Waals surface area contributed by atoms with E-state index < -0.39 is 0 Å². The van der Waals surface area contributed by atoms with Crippen molar-refractivity contribution in [3.8, 4) is 0 Å². The van der Waals surface area contributed by atoms with Crippen LogP contribution in [0, 0.1) is 0 Å². The molecule has 6 nitrogen and oxygen atoms in total. The molecule has 0 amide bonds. The molecule has 1 aliphatic heterocycles. The maximum atomic E-state index is 12.2. The highest BCUT2D eigenvalue weighted by Gasteiger charge is 2.17. The molecule has 0 aromatic carbocycles. The number of hydrogen-bond acceptors (Lipinski definition) is 4. The van der Waals surface area contributed by atoms with E-state index in [0.717, 1.165) is 35.6 Å². The normalized spacial score (nSPS) is 15.1. The van der Waals surface area contributed by atoms with Gasteiger partial charge in [-0.1, -0.05) is 0 Å². The first-order valence-corrected chi connectivity index (χ1v) is 7.88. The van der Waals surface area contributed by atoms with Crippen LogP contribution in [-0.2, 0) is 19.6 Å². The van der Waals surface area contributed by atoms with E-state index in [9.17, 15) is 4.79 Å². The van der Waals surface area contributed by atoms with Crippen LogP contribution in [0.1, 0.15) is 11.5 Å². The number of fused-ring (bicyclic) bond motifs is 2. The zero-order valence-corrected chi connectivity index (χ0v) is 13.4. The van der Waals surface area contributed by atoms with Crippen molar-refractivity contribution in [2.24, 2.45) is 0 Å². The molecule has 22 heavy (non-hydrogen) atoms. The summed E-state index contributed by atoms with van der Waals surface area (Å²) in [7, 11) is 0. The van der Waals surface area contributed by atoms with Crippen molar-refractivity contribution in [1.82, 2.24) is 23.8 Å². The van der Waals surface area contributed by atoms with Crippen molar-refractivity contribution in [3.63, 3.8) is 0 Å². The third kappa shape index (κ3) is 2.46. The highest BCUT2D eigenvalue weighted by atomic mass is 79.9. The average Bonchev–Trinajstić information content (AvgIpc) is 2.96. The minimum absolute atomic E-state index is 0.0557. The quantitative estimate of drug-likeness (QED) is 0.698. The minimum Gasteiger partial charge on any atom is -0.333 e. The lowest BCUT2D eigenvalue weighted by Gasteiger charge is -2.27. The summed E-state index contributed by atoms with van der Waals surface area (Å²) in [6.07, 6.45) is 5.58. The summed E-state index contributed by atoms with van der Waals surface area (Å²) in [6.45, 7) is 3.31. The van der Waals surface area contributed by atoms with Gasteiger partial charge in [-0.3, -0.25) is 14.1 Å². The Morgan fingerprint density at radius 1 is 1.27 bits per heavy atom. The molecule has 0 unspecified atom stereocenters. The Hall–Kier alpha value is -1.99. The predicted octanol–water partition coefficient (Wildman–Crippen LogP) is 1.67. The largest absolute Gasteiger partial charge is 0.333 e. The molecule has 1 aliphatic rings. The zero-order chi connectivity index (χ0) is 15.1. The number of nitrogens with zero attached hydrogens (tertiary/aromatic N) is 5. The zero-order valence-electron chi connectivity index (χ0n) is 11.8. The van der Waals surface area contributed by atoms with E-state index in [1.807, 2.05) is 24.5 Å². The van der Waals surface area contributed by atoms with Gasteiger partial charge in [0.25, 0.3) is 5.56 Å². The topological polar surface area (TPSA) is 55.4 Å². The summed E-state index contributed by atoms with van der Waals surface area (Å²) in [5, 5.41) is 0. The van der Waals surface area contributed by atoms with Gasteiger partial charge in [0.2, 0.25) is 0 Å². The Morgan fingerprint density at radius 2 is 2.18 bits per heavy atom. The van der Waals surface area contributed by atoms with E-state index in [0.29, 0.717) is 12.2 Å². The molecule has 0 atom stereocenters. The molecule has 0 aliphatic carbocycles. The van der Waals surface area contributed by atoms with E-state index >= 15 is 0 Å². The van der Waals surface area contributed by atoms with Crippen molar-refractivity contribution in [1.29, 1.82) is 0 Å². The molecule has 4 heterocycles. The molecule has 3 aromatic heterocycles. The molecule has 4 rings (SSSR count). The summed E-state index contributed by atoms with van der Waals surface area (Å²) in [5.41, 5.74) is 1.41. The molecule has 0 N–H and O–H groups in total. The smallest absolute Gasteiger partial charge is 0.258 e. The van der Waals surface area contributed by atoms with Gasteiger partial charge in [0.05, 0.1) is 12.2 Å². The van der Waals surface area contributed by atoms with Gasteiger partial charge < -0.3 is 4.57 Å². The van der Waals surface area contributed by atoms with Gasteiger partial charge in [0.1, 0.15) is 11.5 Å². The number of aromatic nitrogens is 4. The fourth-order valence-corrected chi connectivity index (χ4v) is 3.13. The lowest BCUT2D eigenvalue weighted by molar-refractivity contribution is 0.206. The SMILES string of the molecule is O=c1cc(CN2CCn3ccnc3C2)nc2ccc(Br)cn12. The van der Waals surface area contributed by atoms with Crippen LogP contribution in [0.15, 0.2) is 46.1 Å². The number of rotatable bonds is 2. The fraction of sp³-hybridized carbons (Fsp3) is 0.267. The van der Waals surface area contributed by atoms with Crippen molar-refractivity contribution in [3.05, 3.63) is 63.1 Å². The van der Waals surface area contributed by atoms with Gasteiger partial charge in [-0.15, -0.1) is 0 Å². The first-order chi connectivity index (χ1) is 10.7.